The number of allylic oxidation sites excluding steroid dienone is 1. The van der Waals surface area contributed by atoms with Crippen molar-refractivity contribution in [1.82, 2.24) is 4.90 Å². The van der Waals surface area contributed by atoms with Gasteiger partial charge in [-0.15, -0.1) is 0 Å². The van der Waals surface area contributed by atoms with E-state index < -0.39 is 0 Å². The summed E-state index contributed by atoms with van der Waals surface area (Å²) in [5.74, 6) is 0.0214. The molecule has 84 valence electrons. The number of benzene rings is 1. The molecular weight excluding hydrogens is 245 g/mol. The van der Waals surface area contributed by atoms with Gasteiger partial charge in [-0.1, -0.05) is 23.2 Å². The van der Waals surface area contributed by atoms with Gasteiger partial charge in [0.1, 0.15) is 0 Å². The van der Waals surface area contributed by atoms with Gasteiger partial charge < -0.3 is 4.90 Å². The first-order chi connectivity index (χ1) is 7.49. The zero-order valence-electron chi connectivity index (χ0n) is 9.05. The third-order valence-electron chi connectivity index (χ3n) is 2.48. The molecule has 1 aliphatic rings. The zero-order valence-corrected chi connectivity index (χ0v) is 10.6. The second kappa shape index (κ2) is 4.11. The predicted molar refractivity (Wildman–Crippen MR) is 66.3 cm³/mol. The van der Waals surface area contributed by atoms with Crippen molar-refractivity contribution in [1.29, 1.82) is 0 Å². The van der Waals surface area contributed by atoms with Crippen LogP contribution in [0.4, 0.5) is 0 Å². The highest BCUT2D eigenvalue weighted by Gasteiger charge is 2.27. The molecule has 0 unspecified atom stereocenters. The smallest absolute Gasteiger partial charge is 0.191 e. The van der Waals surface area contributed by atoms with Crippen molar-refractivity contribution >= 4 is 29.0 Å². The third kappa shape index (κ3) is 1.95. The van der Waals surface area contributed by atoms with Gasteiger partial charge in [0.2, 0.25) is 0 Å². The Balaban J connectivity index is 2.50. The summed E-state index contributed by atoms with van der Waals surface area (Å²) in [7, 11) is 3.77. The van der Waals surface area contributed by atoms with E-state index in [4.69, 9.17) is 23.2 Å². The molecule has 0 amide bonds. The molecule has 0 saturated carbocycles. The van der Waals surface area contributed by atoms with E-state index in [-0.39, 0.29) is 5.78 Å². The fourth-order valence-electron chi connectivity index (χ4n) is 1.85. The lowest BCUT2D eigenvalue weighted by atomic mass is 10.1. The summed E-state index contributed by atoms with van der Waals surface area (Å²) in [5.41, 5.74) is 2.26. The lowest BCUT2D eigenvalue weighted by Crippen LogP contribution is -2.06. The summed E-state index contributed by atoms with van der Waals surface area (Å²) < 4.78 is 0. The highest BCUT2D eigenvalue weighted by atomic mass is 35.5. The SMILES string of the molecule is CN(C)/C=C1/Cc2c(Cl)cc(Cl)cc2C1=O. The van der Waals surface area contributed by atoms with Crippen molar-refractivity contribution in [2.45, 2.75) is 6.42 Å². The third-order valence-corrected chi connectivity index (χ3v) is 3.03. The van der Waals surface area contributed by atoms with Gasteiger partial charge in [0.15, 0.2) is 5.78 Å². The number of carbonyl (C=O) groups is 1. The Morgan fingerprint density at radius 3 is 2.62 bits per heavy atom. The van der Waals surface area contributed by atoms with Gasteiger partial charge in [-0.3, -0.25) is 4.79 Å². The van der Waals surface area contributed by atoms with E-state index in [9.17, 15) is 4.79 Å². The molecule has 1 aliphatic carbocycles. The van der Waals surface area contributed by atoms with Crippen molar-refractivity contribution in [2.24, 2.45) is 0 Å². The molecule has 0 radical (unpaired) electrons. The second-order valence-corrected chi connectivity index (χ2v) is 4.88. The average molecular weight is 256 g/mol. The van der Waals surface area contributed by atoms with Crippen LogP contribution in [0.25, 0.3) is 0 Å². The van der Waals surface area contributed by atoms with E-state index in [0.717, 1.165) is 11.1 Å². The minimum Gasteiger partial charge on any atom is -0.383 e. The maximum atomic E-state index is 12.0. The highest BCUT2D eigenvalue weighted by Crippen LogP contribution is 2.34. The maximum absolute atomic E-state index is 12.0. The minimum atomic E-state index is 0.0214. The molecule has 0 N–H and O–H groups in total. The van der Waals surface area contributed by atoms with Crippen LogP contribution in [0.1, 0.15) is 15.9 Å². The molecule has 0 aliphatic heterocycles. The number of rotatable bonds is 1. The number of hydrogen-bond donors (Lipinski definition) is 0. The minimum absolute atomic E-state index is 0.0214. The van der Waals surface area contributed by atoms with Gasteiger partial charge in [-0.2, -0.15) is 0 Å². The van der Waals surface area contributed by atoms with E-state index in [2.05, 4.69) is 0 Å². The van der Waals surface area contributed by atoms with Crippen LogP contribution in [-0.4, -0.2) is 24.8 Å². The summed E-state index contributed by atoms with van der Waals surface area (Å²) in [4.78, 5) is 13.9. The fourth-order valence-corrected chi connectivity index (χ4v) is 2.41. The Labute approximate surface area is 104 Å². The molecule has 4 heteroatoms. The van der Waals surface area contributed by atoms with Crippen LogP contribution >= 0.6 is 23.2 Å². The molecule has 0 aromatic heterocycles. The zero-order chi connectivity index (χ0) is 11.9. The number of carbonyl (C=O) groups excluding carboxylic acids is 1. The molecule has 16 heavy (non-hydrogen) atoms. The van der Waals surface area contributed by atoms with Crippen molar-refractivity contribution < 1.29 is 4.79 Å². The molecular formula is C12H11Cl2NO. The Kier molecular flexibility index (Phi) is 2.96. The average Bonchev–Trinajstić information content (AvgIpc) is 2.45. The second-order valence-electron chi connectivity index (χ2n) is 4.04. The number of ketones is 1. The first-order valence-electron chi connectivity index (χ1n) is 4.89. The Hall–Kier alpha value is -0.990. The van der Waals surface area contributed by atoms with Crippen LogP contribution in [0, 0.1) is 0 Å². The molecule has 0 atom stereocenters. The highest BCUT2D eigenvalue weighted by molar-refractivity contribution is 6.36. The topological polar surface area (TPSA) is 20.3 Å². The Morgan fingerprint density at radius 1 is 1.31 bits per heavy atom. The van der Waals surface area contributed by atoms with E-state index in [1.807, 2.05) is 25.2 Å². The summed E-state index contributed by atoms with van der Waals surface area (Å²) in [6.07, 6.45) is 2.41. The van der Waals surface area contributed by atoms with Crippen molar-refractivity contribution in [3.8, 4) is 0 Å². The van der Waals surface area contributed by atoms with Gasteiger partial charge in [-0.25, -0.2) is 0 Å². The first-order valence-corrected chi connectivity index (χ1v) is 5.64. The fraction of sp³-hybridized carbons (Fsp3) is 0.250. The van der Waals surface area contributed by atoms with Gasteiger partial charge in [0, 0.05) is 47.9 Å². The van der Waals surface area contributed by atoms with Crippen molar-refractivity contribution in [3.63, 3.8) is 0 Å². The number of Topliss-reactive ketones (excluding diaryl/α,β-unsaturated/α-hetero) is 1. The quantitative estimate of drug-likeness (QED) is 0.719. The normalized spacial score (nSPS) is 16.8. The van der Waals surface area contributed by atoms with Crippen LogP contribution in [0.5, 0.6) is 0 Å². The lowest BCUT2D eigenvalue weighted by molar-refractivity contribution is 0.103. The van der Waals surface area contributed by atoms with Crippen LogP contribution < -0.4 is 0 Å². The van der Waals surface area contributed by atoms with Crippen LogP contribution in [0.3, 0.4) is 0 Å². The van der Waals surface area contributed by atoms with Crippen molar-refractivity contribution in [3.05, 3.63) is 45.1 Å². The first kappa shape index (κ1) is 11.5. The molecule has 0 heterocycles. The number of hydrogen-bond acceptors (Lipinski definition) is 2. The maximum Gasteiger partial charge on any atom is 0.191 e. The molecule has 1 aromatic rings. The largest absolute Gasteiger partial charge is 0.383 e. The molecule has 1 aromatic carbocycles. The molecule has 2 rings (SSSR count). The van der Waals surface area contributed by atoms with E-state index >= 15 is 0 Å². The van der Waals surface area contributed by atoms with Crippen molar-refractivity contribution in [2.75, 3.05) is 14.1 Å². The standard InChI is InChI=1S/C12H11Cl2NO/c1-15(2)6-7-3-9-10(12(7)16)4-8(13)5-11(9)14/h4-6H,3H2,1-2H3/b7-6-. The summed E-state index contributed by atoms with van der Waals surface area (Å²) >= 11 is 11.9. The molecule has 0 saturated heterocycles. The van der Waals surface area contributed by atoms with Gasteiger partial charge in [0.05, 0.1) is 0 Å². The van der Waals surface area contributed by atoms with Crippen LogP contribution in [-0.2, 0) is 6.42 Å². The molecule has 0 bridgehead atoms. The van der Waals surface area contributed by atoms with Gasteiger partial charge >= 0.3 is 0 Å². The molecule has 0 fully saturated rings. The van der Waals surface area contributed by atoms with Gasteiger partial charge in [0.25, 0.3) is 0 Å². The van der Waals surface area contributed by atoms with Gasteiger partial charge in [-0.05, 0) is 17.7 Å². The molecule has 2 nitrogen and oxygen atoms in total. The Morgan fingerprint density at radius 2 is 2.00 bits per heavy atom. The number of nitrogens with zero attached hydrogens (tertiary/aromatic N) is 1. The number of halogens is 2. The van der Waals surface area contributed by atoms with E-state index in [1.54, 1.807) is 12.1 Å². The van der Waals surface area contributed by atoms with E-state index in [1.165, 1.54) is 0 Å². The Bertz CT molecular complexity index is 492. The number of fused-ring (bicyclic) bond motifs is 1. The monoisotopic (exact) mass is 255 g/mol. The predicted octanol–water partition coefficient (Wildman–Crippen LogP) is 3.18. The summed E-state index contributed by atoms with van der Waals surface area (Å²) in [6, 6.07) is 3.36. The lowest BCUT2D eigenvalue weighted by Gasteiger charge is -2.05. The van der Waals surface area contributed by atoms with E-state index in [0.29, 0.717) is 22.0 Å². The summed E-state index contributed by atoms with van der Waals surface area (Å²) in [6.45, 7) is 0. The molecule has 0 spiro atoms. The van der Waals surface area contributed by atoms with Crippen LogP contribution in [0.15, 0.2) is 23.9 Å². The van der Waals surface area contributed by atoms with Crippen LogP contribution in [0.2, 0.25) is 10.0 Å². The summed E-state index contributed by atoms with van der Waals surface area (Å²) in [5, 5.41) is 1.07.